The number of benzene rings is 1. The highest BCUT2D eigenvalue weighted by atomic mass is 16.2. The number of aliphatic hydroxyl groups is 1. The maximum atomic E-state index is 10.7. The molecule has 1 rings (SSSR count). The van der Waals surface area contributed by atoms with E-state index < -0.39 is 0 Å². The summed E-state index contributed by atoms with van der Waals surface area (Å²) in [7, 11) is 0. The fourth-order valence-electron chi connectivity index (χ4n) is 1.14. The van der Waals surface area contributed by atoms with Crippen LogP contribution in [0.15, 0.2) is 18.2 Å². The van der Waals surface area contributed by atoms with E-state index in [2.05, 4.69) is 11.8 Å². The molecule has 0 aliphatic carbocycles. The number of aliphatic hydroxyl groups excluding tert-OH is 1. The van der Waals surface area contributed by atoms with E-state index in [0.717, 1.165) is 0 Å². The maximum absolute atomic E-state index is 10.7. The Labute approximate surface area is 87.7 Å². The number of hydrogen-bond donors (Lipinski definition) is 1. The lowest BCUT2D eigenvalue weighted by Crippen LogP contribution is -1.94. The molecule has 1 N–H and O–H groups in total. The van der Waals surface area contributed by atoms with Gasteiger partial charge in [-0.05, 0) is 0 Å². The first kappa shape index (κ1) is 11.2. The van der Waals surface area contributed by atoms with Gasteiger partial charge < -0.3 is 5.11 Å². The van der Waals surface area contributed by atoms with Gasteiger partial charge in [0, 0.05) is 23.1 Å². The first-order chi connectivity index (χ1) is 7.33. The summed E-state index contributed by atoms with van der Waals surface area (Å²) in [4.78, 5) is 21.4. The zero-order chi connectivity index (χ0) is 11.1. The summed E-state index contributed by atoms with van der Waals surface area (Å²) in [6.07, 6.45) is 1.65. The minimum absolute atomic E-state index is 0.0350. The minimum Gasteiger partial charge on any atom is -0.395 e. The third kappa shape index (κ3) is 2.76. The summed E-state index contributed by atoms with van der Waals surface area (Å²) in [6, 6.07) is 4.83. The zero-order valence-corrected chi connectivity index (χ0v) is 8.06. The summed E-state index contributed by atoms with van der Waals surface area (Å²) >= 11 is 0. The van der Waals surface area contributed by atoms with E-state index in [1.165, 1.54) is 0 Å². The van der Waals surface area contributed by atoms with Gasteiger partial charge in [-0.15, -0.1) is 0 Å². The molecule has 0 aromatic heterocycles. The average molecular weight is 202 g/mol. The van der Waals surface area contributed by atoms with Gasteiger partial charge in [0.15, 0.2) is 12.6 Å². The molecule has 0 fully saturated rings. The topological polar surface area (TPSA) is 54.4 Å². The third-order valence-electron chi connectivity index (χ3n) is 1.83. The summed E-state index contributed by atoms with van der Waals surface area (Å²) in [5, 5.41) is 8.56. The molecule has 0 aliphatic heterocycles. The quantitative estimate of drug-likeness (QED) is 0.588. The Kier molecular flexibility index (Phi) is 4.27. The van der Waals surface area contributed by atoms with Crippen molar-refractivity contribution in [3.63, 3.8) is 0 Å². The molecule has 0 saturated heterocycles. The van der Waals surface area contributed by atoms with Crippen molar-refractivity contribution in [1.29, 1.82) is 0 Å². The molecule has 0 amide bonds. The highest BCUT2D eigenvalue weighted by Crippen LogP contribution is 2.10. The number of carbonyl (C=O) groups excluding carboxylic acids is 2. The molecule has 0 bridgehead atoms. The van der Waals surface area contributed by atoms with Gasteiger partial charge in [0.2, 0.25) is 0 Å². The van der Waals surface area contributed by atoms with Crippen molar-refractivity contribution < 1.29 is 14.7 Å². The summed E-state index contributed by atoms with van der Waals surface area (Å²) in [5.74, 6) is 5.40. The van der Waals surface area contributed by atoms with Crippen LogP contribution in [-0.2, 0) is 0 Å². The Bertz CT molecular complexity index is 398. The normalized spacial score (nSPS) is 8.87. The lowest BCUT2D eigenvalue weighted by Gasteiger charge is -1.99. The molecule has 0 radical (unpaired) electrons. The molecule has 0 spiro atoms. The SMILES string of the molecule is O=Cc1cccc(C=O)c1C#CCCO. The molecule has 76 valence electrons. The molecule has 1 aromatic rings. The number of hydrogen-bond acceptors (Lipinski definition) is 3. The van der Waals surface area contributed by atoms with Crippen molar-refractivity contribution in [3.8, 4) is 11.8 Å². The van der Waals surface area contributed by atoms with Gasteiger partial charge in [-0.2, -0.15) is 0 Å². The Balaban J connectivity index is 3.18. The second kappa shape index (κ2) is 5.74. The molecule has 1 aromatic carbocycles. The summed E-state index contributed by atoms with van der Waals surface area (Å²) < 4.78 is 0. The van der Waals surface area contributed by atoms with Crippen LogP contribution in [0.3, 0.4) is 0 Å². The van der Waals surface area contributed by atoms with E-state index in [1.807, 2.05) is 0 Å². The van der Waals surface area contributed by atoms with E-state index in [9.17, 15) is 9.59 Å². The largest absolute Gasteiger partial charge is 0.395 e. The second-order valence-corrected chi connectivity index (χ2v) is 2.82. The summed E-state index contributed by atoms with van der Waals surface area (Å²) in [6.45, 7) is -0.0350. The Hall–Kier alpha value is -1.92. The van der Waals surface area contributed by atoms with Crippen LogP contribution in [0.1, 0.15) is 32.7 Å². The second-order valence-electron chi connectivity index (χ2n) is 2.82. The number of rotatable bonds is 3. The van der Waals surface area contributed by atoms with Gasteiger partial charge in [-0.3, -0.25) is 9.59 Å². The molecule has 3 nitrogen and oxygen atoms in total. The lowest BCUT2D eigenvalue weighted by atomic mass is 10.0. The van der Waals surface area contributed by atoms with Crippen molar-refractivity contribution >= 4 is 12.6 Å². The maximum Gasteiger partial charge on any atom is 0.151 e. The molecular weight excluding hydrogens is 192 g/mol. The van der Waals surface area contributed by atoms with E-state index in [-0.39, 0.29) is 6.61 Å². The van der Waals surface area contributed by atoms with Gasteiger partial charge in [-0.1, -0.05) is 30.0 Å². The molecule has 15 heavy (non-hydrogen) atoms. The van der Waals surface area contributed by atoms with E-state index in [0.29, 0.717) is 35.7 Å². The Morgan fingerprint density at radius 1 is 1.20 bits per heavy atom. The molecule has 3 heteroatoms. The van der Waals surface area contributed by atoms with Crippen LogP contribution >= 0.6 is 0 Å². The van der Waals surface area contributed by atoms with Crippen LogP contribution in [0.25, 0.3) is 0 Å². The van der Waals surface area contributed by atoms with Gasteiger partial charge in [0.25, 0.3) is 0 Å². The number of aldehydes is 2. The van der Waals surface area contributed by atoms with Gasteiger partial charge in [0.05, 0.1) is 6.61 Å². The molecular formula is C12H10O3. The van der Waals surface area contributed by atoms with Crippen LogP contribution in [0.5, 0.6) is 0 Å². The first-order valence-corrected chi connectivity index (χ1v) is 4.46. The third-order valence-corrected chi connectivity index (χ3v) is 1.83. The summed E-state index contributed by atoms with van der Waals surface area (Å²) in [5.41, 5.74) is 1.21. The van der Waals surface area contributed by atoms with Crippen LogP contribution in [0, 0.1) is 11.8 Å². The molecule has 0 saturated carbocycles. The van der Waals surface area contributed by atoms with Gasteiger partial charge in [0.1, 0.15) is 0 Å². The molecule has 0 heterocycles. The van der Waals surface area contributed by atoms with Crippen molar-refractivity contribution in [2.45, 2.75) is 6.42 Å². The van der Waals surface area contributed by atoms with E-state index >= 15 is 0 Å². The van der Waals surface area contributed by atoms with Crippen LogP contribution < -0.4 is 0 Å². The van der Waals surface area contributed by atoms with E-state index in [4.69, 9.17) is 5.11 Å². The van der Waals surface area contributed by atoms with Crippen molar-refractivity contribution in [1.82, 2.24) is 0 Å². The zero-order valence-electron chi connectivity index (χ0n) is 8.06. The average Bonchev–Trinajstić information content (AvgIpc) is 2.29. The Morgan fingerprint density at radius 3 is 2.27 bits per heavy atom. The monoisotopic (exact) mass is 202 g/mol. The van der Waals surface area contributed by atoms with Crippen molar-refractivity contribution in [3.05, 3.63) is 34.9 Å². The minimum atomic E-state index is -0.0350. The van der Waals surface area contributed by atoms with Gasteiger partial charge >= 0.3 is 0 Å². The lowest BCUT2D eigenvalue weighted by molar-refractivity contribution is 0.112. The molecule has 0 unspecified atom stereocenters. The van der Waals surface area contributed by atoms with Crippen molar-refractivity contribution in [2.24, 2.45) is 0 Å². The predicted octanol–water partition coefficient (Wildman–Crippen LogP) is 1.05. The Morgan fingerprint density at radius 2 is 1.80 bits per heavy atom. The fraction of sp³-hybridized carbons (Fsp3) is 0.167. The van der Waals surface area contributed by atoms with Gasteiger partial charge in [-0.25, -0.2) is 0 Å². The van der Waals surface area contributed by atoms with Crippen LogP contribution in [0.4, 0.5) is 0 Å². The van der Waals surface area contributed by atoms with Crippen LogP contribution in [-0.4, -0.2) is 24.3 Å². The van der Waals surface area contributed by atoms with E-state index in [1.54, 1.807) is 18.2 Å². The molecule has 0 aliphatic rings. The molecule has 0 atom stereocenters. The van der Waals surface area contributed by atoms with Crippen molar-refractivity contribution in [2.75, 3.05) is 6.61 Å². The highest BCUT2D eigenvalue weighted by Gasteiger charge is 2.03. The smallest absolute Gasteiger partial charge is 0.151 e. The number of carbonyl (C=O) groups is 2. The fourth-order valence-corrected chi connectivity index (χ4v) is 1.14. The highest BCUT2D eigenvalue weighted by molar-refractivity contribution is 5.88. The standard InChI is InChI=1S/C12H10O3/c13-7-2-1-6-12-10(8-14)4-3-5-11(12)9-15/h3-5,8-9,13H,2,7H2. The predicted molar refractivity (Wildman–Crippen MR) is 55.8 cm³/mol. The van der Waals surface area contributed by atoms with Crippen LogP contribution in [0.2, 0.25) is 0 Å². The first-order valence-electron chi connectivity index (χ1n) is 4.46.